The normalized spacial score (nSPS) is 13.0. The van der Waals surface area contributed by atoms with Gasteiger partial charge in [-0.25, -0.2) is 0 Å². The summed E-state index contributed by atoms with van der Waals surface area (Å²) in [6, 6.07) is 17.8. The zero-order chi connectivity index (χ0) is 17.4. The molecule has 126 valence electrons. The van der Waals surface area contributed by atoms with Gasteiger partial charge in [-0.2, -0.15) is 0 Å². The summed E-state index contributed by atoms with van der Waals surface area (Å²) in [5.41, 5.74) is 7.12. The highest BCUT2D eigenvalue weighted by Crippen LogP contribution is 2.13. The molecule has 2 aromatic carbocycles. The molecule has 0 saturated carbocycles. The van der Waals surface area contributed by atoms with Gasteiger partial charge in [0.25, 0.3) is 0 Å². The van der Waals surface area contributed by atoms with Gasteiger partial charge in [0.05, 0.1) is 19.1 Å². The van der Waals surface area contributed by atoms with Crippen LogP contribution < -0.4 is 11.1 Å². The Bertz CT molecular complexity index is 659. The maximum absolute atomic E-state index is 12.3. The lowest BCUT2D eigenvalue weighted by Gasteiger charge is -2.19. The average molecular weight is 326 g/mol. The number of rotatable bonds is 8. The summed E-state index contributed by atoms with van der Waals surface area (Å²) in [7, 11) is 0. The first-order chi connectivity index (χ1) is 11.6. The first-order valence-electron chi connectivity index (χ1n) is 7.84. The third-order valence-corrected chi connectivity index (χ3v) is 3.63. The number of amides is 2. The summed E-state index contributed by atoms with van der Waals surface area (Å²) in [6.07, 6.45) is 0. The van der Waals surface area contributed by atoms with Gasteiger partial charge in [0.2, 0.25) is 11.8 Å². The Hall–Kier alpha value is -2.66. The molecule has 2 amide bonds. The van der Waals surface area contributed by atoms with Crippen LogP contribution in [0.25, 0.3) is 0 Å². The molecule has 0 unspecified atom stereocenters. The summed E-state index contributed by atoms with van der Waals surface area (Å²) >= 11 is 0. The molecule has 2 aromatic rings. The van der Waals surface area contributed by atoms with E-state index in [9.17, 15) is 9.59 Å². The zero-order valence-corrected chi connectivity index (χ0v) is 13.6. The number of hydrogen-bond acceptors (Lipinski definition) is 3. The molecule has 24 heavy (non-hydrogen) atoms. The van der Waals surface area contributed by atoms with E-state index in [1.807, 2.05) is 36.4 Å². The van der Waals surface area contributed by atoms with Crippen LogP contribution in [0.2, 0.25) is 0 Å². The van der Waals surface area contributed by atoms with Crippen LogP contribution in [-0.4, -0.2) is 18.4 Å². The van der Waals surface area contributed by atoms with Crippen molar-refractivity contribution in [2.45, 2.75) is 19.6 Å². The molecular formula is C19H22N2O3. The van der Waals surface area contributed by atoms with E-state index in [1.54, 1.807) is 31.2 Å². The minimum atomic E-state index is -0.838. The van der Waals surface area contributed by atoms with Crippen LogP contribution in [-0.2, 0) is 20.9 Å². The number of carbonyl (C=O) groups excluding carboxylic acids is 2. The molecule has 3 N–H and O–H groups in total. The fourth-order valence-electron chi connectivity index (χ4n) is 2.25. The largest absolute Gasteiger partial charge is 0.376 e. The van der Waals surface area contributed by atoms with Crippen LogP contribution in [0.3, 0.4) is 0 Å². The van der Waals surface area contributed by atoms with E-state index in [4.69, 9.17) is 10.5 Å². The summed E-state index contributed by atoms with van der Waals surface area (Å²) in [4.78, 5) is 23.9. The van der Waals surface area contributed by atoms with Gasteiger partial charge < -0.3 is 15.8 Å². The maximum Gasteiger partial charge on any atom is 0.244 e. The standard InChI is InChI=1S/C19H22N2O3/c1-14(12-24-13-15-8-4-2-5-9-15)19(23)21-17(18(20)22)16-10-6-3-7-11-16/h2-11,14,17H,12-13H2,1H3,(H2,20,22)(H,21,23)/t14-,17+/m1/s1. The maximum atomic E-state index is 12.3. The van der Waals surface area contributed by atoms with E-state index in [1.165, 1.54) is 0 Å². The molecule has 0 fully saturated rings. The number of nitrogens with one attached hydrogen (secondary N) is 1. The lowest BCUT2D eigenvalue weighted by Crippen LogP contribution is -2.40. The van der Waals surface area contributed by atoms with E-state index in [2.05, 4.69) is 5.32 Å². The number of ether oxygens (including phenoxy) is 1. The second-order valence-corrected chi connectivity index (χ2v) is 5.66. The van der Waals surface area contributed by atoms with E-state index in [0.717, 1.165) is 5.56 Å². The van der Waals surface area contributed by atoms with Gasteiger partial charge >= 0.3 is 0 Å². The second-order valence-electron chi connectivity index (χ2n) is 5.66. The molecule has 0 aliphatic carbocycles. The Morgan fingerprint density at radius 2 is 1.62 bits per heavy atom. The Labute approximate surface area is 141 Å². The Morgan fingerprint density at radius 3 is 2.21 bits per heavy atom. The highest BCUT2D eigenvalue weighted by molar-refractivity contribution is 5.88. The first-order valence-corrected chi connectivity index (χ1v) is 7.84. The summed E-state index contributed by atoms with van der Waals surface area (Å²) in [6.45, 7) is 2.46. The third kappa shape index (κ3) is 5.21. The molecule has 0 aliphatic heterocycles. The summed E-state index contributed by atoms with van der Waals surface area (Å²) in [5, 5.41) is 2.69. The van der Waals surface area contributed by atoms with Crippen LogP contribution in [0.4, 0.5) is 0 Å². The van der Waals surface area contributed by atoms with Gasteiger partial charge in [0, 0.05) is 0 Å². The third-order valence-electron chi connectivity index (χ3n) is 3.63. The highest BCUT2D eigenvalue weighted by Gasteiger charge is 2.23. The predicted molar refractivity (Wildman–Crippen MR) is 91.8 cm³/mol. The molecule has 0 bridgehead atoms. The van der Waals surface area contributed by atoms with E-state index in [0.29, 0.717) is 12.2 Å². The SMILES string of the molecule is C[C@H](COCc1ccccc1)C(=O)N[C@H](C(N)=O)c1ccccc1. The van der Waals surface area contributed by atoms with Gasteiger partial charge in [0.1, 0.15) is 6.04 Å². The topological polar surface area (TPSA) is 81.4 Å². The minimum Gasteiger partial charge on any atom is -0.376 e. The van der Waals surface area contributed by atoms with Gasteiger partial charge in [0.15, 0.2) is 0 Å². The predicted octanol–water partition coefficient (Wildman–Crippen LogP) is 2.18. The molecule has 5 heteroatoms. The molecular weight excluding hydrogens is 304 g/mol. The molecule has 0 radical (unpaired) electrons. The zero-order valence-electron chi connectivity index (χ0n) is 13.6. The van der Waals surface area contributed by atoms with Crippen LogP contribution in [0.15, 0.2) is 60.7 Å². The monoisotopic (exact) mass is 326 g/mol. The molecule has 0 heterocycles. The van der Waals surface area contributed by atoms with Crippen LogP contribution in [0.1, 0.15) is 24.1 Å². The molecule has 5 nitrogen and oxygen atoms in total. The average Bonchev–Trinajstić information content (AvgIpc) is 2.60. The first kappa shape index (κ1) is 17.7. The smallest absolute Gasteiger partial charge is 0.244 e. The van der Waals surface area contributed by atoms with Crippen molar-refractivity contribution in [1.29, 1.82) is 0 Å². The molecule has 0 aliphatic rings. The molecule has 0 saturated heterocycles. The lowest BCUT2D eigenvalue weighted by molar-refractivity contribution is -0.131. The van der Waals surface area contributed by atoms with Crippen molar-refractivity contribution in [3.05, 3.63) is 71.8 Å². The van der Waals surface area contributed by atoms with Crippen LogP contribution >= 0.6 is 0 Å². The lowest BCUT2D eigenvalue weighted by atomic mass is 10.1. The fourth-order valence-corrected chi connectivity index (χ4v) is 2.25. The van der Waals surface area contributed by atoms with E-state index >= 15 is 0 Å². The van der Waals surface area contributed by atoms with Gasteiger partial charge in [-0.3, -0.25) is 9.59 Å². The Balaban J connectivity index is 1.86. The van der Waals surface area contributed by atoms with Crippen molar-refractivity contribution < 1.29 is 14.3 Å². The fraction of sp³-hybridized carbons (Fsp3) is 0.263. The molecule has 0 aromatic heterocycles. The molecule has 2 atom stereocenters. The van der Waals surface area contributed by atoms with Gasteiger partial charge in [-0.15, -0.1) is 0 Å². The minimum absolute atomic E-state index is 0.265. The van der Waals surface area contributed by atoms with Gasteiger partial charge in [-0.1, -0.05) is 67.6 Å². The van der Waals surface area contributed by atoms with E-state index in [-0.39, 0.29) is 18.4 Å². The van der Waals surface area contributed by atoms with Crippen molar-refractivity contribution in [3.8, 4) is 0 Å². The summed E-state index contributed by atoms with van der Waals surface area (Å²) < 4.78 is 5.57. The second kappa shape index (κ2) is 8.84. The van der Waals surface area contributed by atoms with Crippen molar-refractivity contribution in [2.75, 3.05) is 6.61 Å². The Morgan fingerprint density at radius 1 is 1.04 bits per heavy atom. The number of benzene rings is 2. The van der Waals surface area contributed by atoms with Crippen molar-refractivity contribution in [1.82, 2.24) is 5.32 Å². The summed E-state index contributed by atoms with van der Waals surface area (Å²) in [5.74, 6) is -1.25. The van der Waals surface area contributed by atoms with E-state index < -0.39 is 11.9 Å². The van der Waals surface area contributed by atoms with Crippen LogP contribution in [0, 0.1) is 5.92 Å². The van der Waals surface area contributed by atoms with Crippen molar-refractivity contribution in [2.24, 2.45) is 11.7 Å². The molecule has 2 rings (SSSR count). The number of primary amides is 1. The van der Waals surface area contributed by atoms with Crippen LogP contribution in [0.5, 0.6) is 0 Å². The van der Waals surface area contributed by atoms with Crippen molar-refractivity contribution in [3.63, 3.8) is 0 Å². The van der Waals surface area contributed by atoms with Gasteiger partial charge in [-0.05, 0) is 11.1 Å². The highest BCUT2D eigenvalue weighted by atomic mass is 16.5. The quantitative estimate of drug-likeness (QED) is 0.780. The Kier molecular flexibility index (Phi) is 6.51. The molecule has 0 spiro atoms. The number of carbonyl (C=O) groups is 2. The van der Waals surface area contributed by atoms with Crippen molar-refractivity contribution >= 4 is 11.8 Å². The number of nitrogens with two attached hydrogens (primary N) is 1. The number of hydrogen-bond donors (Lipinski definition) is 2.